The minimum atomic E-state index is -1.44. The van der Waals surface area contributed by atoms with Crippen LogP contribution >= 0.6 is 0 Å². The maximum atomic E-state index is 12.3. The summed E-state index contributed by atoms with van der Waals surface area (Å²) in [5.41, 5.74) is 0.127. The monoisotopic (exact) mass is 398 g/mol. The molecule has 4 atom stereocenters. The van der Waals surface area contributed by atoms with Gasteiger partial charge in [0, 0.05) is 5.56 Å². The summed E-state index contributed by atoms with van der Waals surface area (Å²) in [5, 5.41) is 37.6. The van der Waals surface area contributed by atoms with E-state index in [0.29, 0.717) is 18.4 Å². The van der Waals surface area contributed by atoms with Crippen LogP contribution in [0.2, 0.25) is 0 Å². The second kappa shape index (κ2) is 9.87. The van der Waals surface area contributed by atoms with E-state index in [4.69, 9.17) is 14.2 Å². The van der Waals surface area contributed by atoms with Crippen LogP contribution in [-0.4, -0.2) is 76.6 Å². The highest BCUT2D eigenvalue weighted by atomic mass is 16.6. The maximum Gasteiger partial charge on any atom is 0.358 e. The molecule has 1 aromatic rings. The fourth-order valence-corrected chi connectivity index (χ4v) is 3.24. The lowest BCUT2D eigenvalue weighted by Crippen LogP contribution is -2.33. The molecule has 1 aliphatic rings. The Morgan fingerprint density at radius 1 is 1.04 bits per heavy atom. The van der Waals surface area contributed by atoms with E-state index in [1.54, 1.807) is 0 Å². The maximum absolute atomic E-state index is 12.3. The van der Waals surface area contributed by atoms with Crippen LogP contribution < -0.4 is 0 Å². The Bertz CT molecular complexity index is 711. The fraction of sp³-hybridized carbons (Fsp3) is 0.667. The van der Waals surface area contributed by atoms with E-state index in [9.17, 15) is 24.9 Å². The minimum absolute atomic E-state index is 0.0982. The van der Waals surface area contributed by atoms with E-state index in [-0.39, 0.29) is 17.0 Å². The zero-order valence-corrected chi connectivity index (χ0v) is 16.1. The summed E-state index contributed by atoms with van der Waals surface area (Å²) in [6, 6.07) is 0. The number of aromatic nitrogens is 2. The molecule has 1 fully saturated rings. The van der Waals surface area contributed by atoms with Crippen molar-refractivity contribution in [2.75, 3.05) is 20.8 Å². The molecule has 2 heterocycles. The molecule has 156 valence electrons. The molecule has 28 heavy (non-hydrogen) atoms. The molecule has 2 rings (SSSR count). The van der Waals surface area contributed by atoms with Crippen molar-refractivity contribution in [3.05, 3.63) is 22.5 Å². The van der Waals surface area contributed by atoms with Crippen molar-refractivity contribution in [1.29, 1.82) is 0 Å². The molecule has 0 amide bonds. The van der Waals surface area contributed by atoms with Crippen molar-refractivity contribution in [3.8, 4) is 0 Å². The van der Waals surface area contributed by atoms with Gasteiger partial charge in [0.15, 0.2) is 11.4 Å². The number of aliphatic hydroxyl groups is 3. The van der Waals surface area contributed by atoms with Crippen LogP contribution in [0.3, 0.4) is 0 Å². The van der Waals surface area contributed by atoms with Crippen molar-refractivity contribution >= 4 is 11.9 Å². The van der Waals surface area contributed by atoms with E-state index in [1.807, 2.05) is 6.92 Å². The largest absolute Gasteiger partial charge is 0.464 e. The SMILES string of the molecule is CCCCCc1c(C(=O)OC)nnc(C(=O)OC)c1[C@@H]1O[C@H](CO)[C@@H](O)[C@H]1O. The summed E-state index contributed by atoms with van der Waals surface area (Å²) in [7, 11) is 2.36. The van der Waals surface area contributed by atoms with Crippen molar-refractivity contribution in [3.63, 3.8) is 0 Å². The predicted molar refractivity (Wildman–Crippen MR) is 94.7 cm³/mol. The molecule has 1 aromatic heterocycles. The highest BCUT2D eigenvalue weighted by Gasteiger charge is 2.46. The molecule has 0 spiro atoms. The van der Waals surface area contributed by atoms with Gasteiger partial charge in [-0.05, 0) is 18.4 Å². The predicted octanol–water partition coefficient (Wildman–Crippen LogP) is -0.0635. The second-order valence-corrected chi connectivity index (χ2v) is 6.49. The van der Waals surface area contributed by atoms with E-state index < -0.39 is 43.0 Å². The number of nitrogens with zero attached hydrogens (tertiary/aromatic N) is 2. The van der Waals surface area contributed by atoms with Crippen LogP contribution in [0.25, 0.3) is 0 Å². The molecule has 0 saturated carbocycles. The van der Waals surface area contributed by atoms with Gasteiger partial charge in [-0.1, -0.05) is 19.8 Å². The quantitative estimate of drug-likeness (QED) is 0.401. The number of methoxy groups -OCH3 is 2. The number of unbranched alkanes of at least 4 members (excludes halogenated alkanes) is 2. The number of hydrogen-bond acceptors (Lipinski definition) is 10. The molecular formula is C18H26N2O8. The van der Waals surface area contributed by atoms with Crippen molar-refractivity contribution in [2.45, 2.75) is 57.0 Å². The number of aliphatic hydroxyl groups excluding tert-OH is 3. The molecule has 0 aromatic carbocycles. The highest BCUT2D eigenvalue weighted by Crippen LogP contribution is 2.38. The zero-order valence-electron chi connectivity index (χ0n) is 16.1. The zero-order chi connectivity index (χ0) is 20.8. The molecule has 1 aliphatic heterocycles. The van der Waals surface area contributed by atoms with Crippen molar-refractivity contribution in [2.24, 2.45) is 0 Å². The first-order valence-electron chi connectivity index (χ1n) is 9.09. The third kappa shape index (κ3) is 4.30. The number of carbonyl (C=O) groups excluding carboxylic acids is 2. The third-order valence-electron chi connectivity index (χ3n) is 4.73. The summed E-state index contributed by atoms with van der Waals surface area (Å²) in [5.74, 6) is -1.57. The molecule has 10 nitrogen and oxygen atoms in total. The number of esters is 2. The topological polar surface area (TPSA) is 148 Å². The van der Waals surface area contributed by atoms with Gasteiger partial charge in [-0.25, -0.2) is 9.59 Å². The van der Waals surface area contributed by atoms with Gasteiger partial charge < -0.3 is 29.5 Å². The van der Waals surface area contributed by atoms with Gasteiger partial charge in [0.25, 0.3) is 0 Å². The lowest BCUT2D eigenvalue weighted by atomic mass is 9.91. The van der Waals surface area contributed by atoms with Gasteiger partial charge in [0.2, 0.25) is 0 Å². The second-order valence-electron chi connectivity index (χ2n) is 6.49. The molecular weight excluding hydrogens is 372 g/mol. The summed E-state index contributed by atoms with van der Waals surface area (Å²) >= 11 is 0. The fourth-order valence-electron chi connectivity index (χ4n) is 3.24. The molecule has 10 heteroatoms. The Morgan fingerprint density at radius 2 is 1.64 bits per heavy atom. The van der Waals surface area contributed by atoms with E-state index >= 15 is 0 Å². The first kappa shape index (κ1) is 22.2. The lowest BCUT2D eigenvalue weighted by Gasteiger charge is -2.22. The van der Waals surface area contributed by atoms with Crippen molar-refractivity contribution in [1.82, 2.24) is 10.2 Å². The van der Waals surface area contributed by atoms with E-state index in [2.05, 4.69) is 10.2 Å². The lowest BCUT2D eigenvalue weighted by molar-refractivity contribution is -0.0235. The van der Waals surface area contributed by atoms with Gasteiger partial charge in [-0.15, -0.1) is 10.2 Å². The average Bonchev–Trinajstić information content (AvgIpc) is 3.00. The van der Waals surface area contributed by atoms with Crippen LogP contribution in [0.4, 0.5) is 0 Å². The van der Waals surface area contributed by atoms with Crippen LogP contribution in [0, 0.1) is 0 Å². The molecule has 1 saturated heterocycles. The summed E-state index contributed by atoms with van der Waals surface area (Å²) in [6.45, 7) is 1.48. The first-order valence-corrected chi connectivity index (χ1v) is 9.09. The Labute approximate surface area is 162 Å². The summed E-state index contributed by atoms with van der Waals surface area (Å²) in [6.07, 6.45) is -2.28. The molecule has 3 N–H and O–H groups in total. The van der Waals surface area contributed by atoms with Crippen LogP contribution in [0.15, 0.2) is 0 Å². The Balaban J connectivity index is 2.66. The third-order valence-corrected chi connectivity index (χ3v) is 4.73. The van der Waals surface area contributed by atoms with Gasteiger partial charge in [0.1, 0.15) is 24.4 Å². The standard InChI is InChI=1S/C18H26N2O8/c1-4-5-6-7-9-11(16-15(23)14(22)10(8-21)28-16)13(18(25)27-3)20-19-12(9)17(24)26-2/h10,14-16,21-23H,4-8H2,1-3H3/t10-,14-,15-,16+/m1/s1. The molecule has 0 unspecified atom stereocenters. The number of carbonyl (C=O) groups is 2. The highest BCUT2D eigenvalue weighted by molar-refractivity contribution is 5.93. The number of hydrogen-bond donors (Lipinski definition) is 3. The molecule has 0 radical (unpaired) electrons. The Hall–Kier alpha value is -2.14. The first-order chi connectivity index (χ1) is 13.4. The normalized spacial score (nSPS) is 24.2. The van der Waals surface area contributed by atoms with Gasteiger partial charge in [-0.2, -0.15) is 0 Å². The number of ether oxygens (including phenoxy) is 3. The van der Waals surface area contributed by atoms with E-state index in [1.165, 1.54) is 7.11 Å². The van der Waals surface area contributed by atoms with Crippen LogP contribution in [0.5, 0.6) is 0 Å². The van der Waals surface area contributed by atoms with Gasteiger partial charge in [0.05, 0.1) is 20.8 Å². The Kier molecular flexibility index (Phi) is 7.81. The number of rotatable bonds is 8. The smallest absolute Gasteiger partial charge is 0.358 e. The average molecular weight is 398 g/mol. The molecule has 0 bridgehead atoms. The Morgan fingerprint density at radius 3 is 2.18 bits per heavy atom. The summed E-state index contributed by atoms with van der Waals surface area (Å²) in [4.78, 5) is 24.5. The van der Waals surface area contributed by atoms with Gasteiger partial charge in [-0.3, -0.25) is 0 Å². The van der Waals surface area contributed by atoms with E-state index in [0.717, 1.165) is 20.0 Å². The molecule has 0 aliphatic carbocycles. The minimum Gasteiger partial charge on any atom is -0.464 e. The van der Waals surface area contributed by atoms with Crippen LogP contribution in [0.1, 0.15) is 64.4 Å². The van der Waals surface area contributed by atoms with Crippen LogP contribution in [-0.2, 0) is 20.6 Å². The summed E-state index contributed by atoms with van der Waals surface area (Å²) < 4.78 is 15.1. The van der Waals surface area contributed by atoms with Crippen molar-refractivity contribution < 1.29 is 39.1 Å². The van der Waals surface area contributed by atoms with Gasteiger partial charge >= 0.3 is 11.9 Å².